The lowest BCUT2D eigenvalue weighted by atomic mass is 9.97. The number of rotatable bonds is 2. The van der Waals surface area contributed by atoms with Crippen molar-refractivity contribution in [2.45, 2.75) is 26.7 Å². The quantitative estimate of drug-likeness (QED) is 0.794. The van der Waals surface area contributed by atoms with Gasteiger partial charge in [0.1, 0.15) is 0 Å². The molecule has 1 fully saturated rings. The van der Waals surface area contributed by atoms with E-state index in [0.717, 1.165) is 49.8 Å². The molecule has 1 aliphatic heterocycles. The number of hydrogen-bond donors (Lipinski definition) is 1. The van der Waals surface area contributed by atoms with E-state index in [1.54, 1.807) is 0 Å². The normalized spacial score (nSPS) is 17.8. The molecule has 0 unspecified atom stereocenters. The third kappa shape index (κ3) is 2.29. The van der Waals surface area contributed by atoms with Gasteiger partial charge in [0, 0.05) is 13.1 Å². The SMILES string of the molecule is Cc1nnc(N2CCC(CN)CC2)nc1C. The molecule has 1 saturated heterocycles. The predicted molar refractivity (Wildman–Crippen MR) is 63.3 cm³/mol. The summed E-state index contributed by atoms with van der Waals surface area (Å²) in [7, 11) is 0. The van der Waals surface area contributed by atoms with Gasteiger partial charge >= 0.3 is 0 Å². The lowest BCUT2D eigenvalue weighted by molar-refractivity contribution is 0.410. The monoisotopic (exact) mass is 221 g/mol. The molecule has 0 amide bonds. The molecule has 16 heavy (non-hydrogen) atoms. The zero-order chi connectivity index (χ0) is 11.5. The number of aromatic nitrogens is 3. The molecule has 0 bridgehead atoms. The first-order chi connectivity index (χ1) is 7.70. The Morgan fingerprint density at radius 1 is 1.19 bits per heavy atom. The summed E-state index contributed by atoms with van der Waals surface area (Å²) < 4.78 is 0. The molecule has 2 N–H and O–H groups in total. The summed E-state index contributed by atoms with van der Waals surface area (Å²) in [5, 5.41) is 8.26. The van der Waals surface area contributed by atoms with E-state index in [9.17, 15) is 0 Å². The Balaban J connectivity index is 2.05. The molecule has 0 spiro atoms. The highest BCUT2D eigenvalue weighted by Gasteiger charge is 2.20. The first kappa shape index (κ1) is 11.3. The predicted octanol–water partition coefficient (Wildman–Crippen LogP) is 0.664. The van der Waals surface area contributed by atoms with Crippen LogP contribution in [0.25, 0.3) is 0 Å². The average molecular weight is 221 g/mol. The van der Waals surface area contributed by atoms with Crippen LogP contribution in [-0.2, 0) is 0 Å². The van der Waals surface area contributed by atoms with Crippen LogP contribution < -0.4 is 10.6 Å². The largest absolute Gasteiger partial charge is 0.340 e. The van der Waals surface area contributed by atoms with Gasteiger partial charge in [0.15, 0.2) is 0 Å². The number of hydrogen-bond acceptors (Lipinski definition) is 5. The molecule has 2 heterocycles. The third-order valence-electron chi connectivity index (χ3n) is 3.31. The Morgan fingerprint density at radius 2 is 1.88 bits per heavy atom. The van der Waals surface area contributed by atoms with Crippen molar-refractivity contribution < 1.29 is 0 Å². The summed E-state index contributed by atoms with van der Waals surface area (Å²) >= 11 is 0. The van der Waals surface area contributed by atoms with E-state index in [-0.39, 0.29) is 0 Å². The maximum atomic E-state index is 5.67. The Morgan fingerprint density at radius 3 is 2.44 bits per heavy atom. The Kier molecular flexibility index (Phi) is 3.33. The number of piperidine rings is 1. The van der Waals surface area contributed by atoms with Crippen LogP contribution in [0.4, 0.5) is 5.95 Å². The van der Waals surface area contributed by atoms with Gasteiger partial charge in [0.25, 0.3) is 0 Å². The van der Waals surface area contributed by atoms with Crippen molar-refractivity contribution in [3.8, 4) is 0 Å². The van der Waals surface area contributed by atoms with Crippen molar-refractivity contribution in [1.29, 1.82) is 0 Å². The molecule has 2 rings (SSSR count). The van der Waals surface area contributed by atoms with Crippen molar-refractivity contribution in [2.75, 3.05) is 24.5 Å². The van der Waals surface area contributed by atoms with Crippen molar-refractivity contribution in [3.63, 3.8) is 0 Å². The molecule has 0 radical (unpaired) electrons. The van der Waals surface area contributed by atoms with Crippen LogP contribution in [0.15, 0.2) is 0 Å². The van der Waals surface area contributed by atoms with Crippen molar-refractivity contribution in [3.05, 3.63) is 11.4 Å². The molecule has 88 valence electrons. The molecule has 0 atom stereocenters. The Bertz CT molecular complexity index is 357. The number of nitrogens with two attached hydrogens (primary N) is 1. The molecular weight excluding hydrogens is 202 g/mol. The molecule has 1 aromatic rings. The van der Waals surface area contributed by atoms with E-state index >= 15 is 0 Å². The van der Waals surface area contributed by atoms with Gasteiger partial charge in [-0.3, -0.25) is 0 Å². The summed E-state index contributed by atoms with van der Waals surface area (Å²) in [4.78, 5) is 6.67. The highest BCUT2D eigenvalue weighted by atomic mass is 15.3. The molecule has 0 aromatic carbocycles. The number of anilines is 1. The molecule has 1 aliphatic rings. The van der Waals surface area contributed by atoms with E-state index in [4.69, 9.17) is 5.73 Å². The summed E-state index contributed by atoms with van der Waals surface area (Å²) in [6.07, 6.45) is 2.26. The highest BCUT2D eigenvalue weighted by Crippen LogP contribution is 2.19. The van der Waals surface area contributed by atoms with Crippen LogP contribution in [-0.4, -0.2) is 34.8 Å². The van der Waals surface area contributed by atoms with Gasteiger partial charge in [-0.1, -0.05) is 0 Å². The minimum Gasteiger partial charge on any atom is -0.340 e. The zero-order valence-electron chi connectivity index (χ0n) is 9.98. The summed E-state index contributed by atoms with van der Waals surface area (Å²) in [6, 6.07) is 0. The van der Waals surface area contributed by atoms with Crippen LogP contribution >= 0.6 is 0 Å². The van der Waals surface area contributed by atoms with E-state index < -0.39 is 0 Å². The molecule has 1 aromatic heterocycles. The topological polar surface area (TPSA) is 67.9 Å². The van der Waals surface area contributed by atoms with Gasteiger partial charge in [-0.05, 0) is 39.2 Å². The fourth-order valence-corrected chi connectivity index (χ4v) is 1.95. The lowest BCUT2D eigenvalue weighted by Crippen LogP contribution is -2.37. The summed E-state index contributed by atoms with van der Waals surface area (Å²) in [5.41, 5.74) is 7.54. The molecule has 0 aliphatic carbocycles. The van der Waals surface area contributed by atoms with E-state index in [1.807, 2.05) is 13.8 Å². The first-order valence-corrected chi connectivity index (χ1v) is 5.83. The van der Waals surface area contributed by atoms with Crippen LogP contribution in [0.2, 0.25) is 0 Å². The zero-order valence-corrected chi connectivity index (χ0v) is 9.98. The van der Waals surface area contributed by atoms with Crippen molar-refractivity contribution in [2.24, 2.45) is 11.7 Å². The second-order valence-corrected chi connectivity index (χ2v) is 4.45. The smallest absolute Gasteiger partial charge is 0.245 e. The van der Waals surface area contributed by atoms with E-state index in [0.29, 0.717) is 5.92 Å². The number of nitrogens with zero attached hydrogens (tertiary/aromatic N) is 4. The van der Waals surface area contributed by atoms with Crippen molar-refractivity contribution in [1.82, 2.24) is 15.2 Å². The maximum absolute atomic E-state index is 5.67. The van der Waals surface area contributed by atoms with Gasteiger partial charge in [0.05, 0.1) is 11.4 Å². The molecule has 0 saturated carbocycles. The fourth-order valence-electron chi connectivity index (χ4n) is 1.95. The van der Waals surface area contributed by atoms with Gasteiger partial charge in [-0.2, -0.15) is 5.10 Å². The lowest BCUT2D eigenvalue weighted by Gasteiger charge is -2.31. The molecule has 5 heteroatoms. The molecule has 5 nitrogen and oxygen atoms in total. The van der Waals surface area contributed by atoms with Crippen LogP contribution in [0, 0.1) is 19.8 Å². The van der Waals surface area contributed by atoms with Crippen LogP contribution in [0.1, 0.15) is 24.2 Å². The first-order valence-electron chi connectivity index (χ1n) is 5.83. The number of aryl methyl sites for hydroxylation is 2. The highest BCUT2D eigenvalue weighted by molar-refractivity contribution is 5.30. The second kappa shape index (κ2) is 4.74. The summed E-state index contributed by atoms with van der Waals surface area (Å²) in [5.74, 6) is 1.43. The second-order valence-electron chi connectivity index (χ2n) is 4.45. The van der Waals surface area contributed by atoms with E-state index in [1.165, 1.54) is 0 Å². The maximum Gasteiger partial charge on any atom is 0.245 e. The van der Waals surface area contributed by atoms with Gasteiger partial charge in [-0.25, -0.2) is 4.98 Å². The van der Waals surface area contributed by atoms with Gasteiger partial charge < -0.3 is 10.6 Å². The fraction of sp³-hybridized carbons (Fsp3) is 0.727. The Hall–Kier alpha value is -1.23. The minimum atomic E-state index is 0.663. The van der Waals surface area contributed by atoms with E-state index in [2.05, 4.69) is 20.1 Å². The molecular formula is C11H19N5. The summed E-state index contributed by atoms with van der Waals surface area (Å²) in [6.45, 7) is 6.68. The average Bonchev–Trinajstić information content (AvgIpc) is 2.33. The van der Waals surface area contributed by atoms with Crippen LogP contribution in [0.3, 0.4) is 0 Å². The van der Waals surface area contributed by atoms with Crippen LogP contribution in [0.5, 0.6) is 0 Å². The van der Waals surface area contributed by atoms with Crippen molar-refractivity contribution >= 4 is 5.95 Å². The third-order valence-corrected chi connectivity index (χ3v) is 3.31. The standard InChI is InChI=1S/C11H19N5/c1-8-9(2)14-15-11(13-8)16-5-3-10(7-12)4-6-16/h10H,3-7,12H2,1-2H3. The Labute approximate surface area is 96.1 Å². The van der Waals surface area contributed by atoms with Gasteiger partial charge in [-0.15, -0.1) is 5.10 Å². The minimum absolute atomic E-state index is 0.663. The van der Waals surface area contributed by atoms with Gasteiger partial charge in [0.2, 0.25) is 5.95 Å².